The SMILES string of the molecule is CCCCCCCCS(=O)(=O)NCCCCCC(=O)Nc1ccccc1OCC(=O)NC(C)(C)C(C)(C)c1nnc2c(Cl)c(C(C)(C)C)[nH]n12. The number of carbonyl (C=O) groups excluding carboxylic acids is 2. The molecule has 0 saturated carbocycles. The zero-order valence-corrected chi connectivity index (χ0v) is 32.7. The standard InChI is InChI=1S/C36H58ClN7O5S/c1-9-10-11-12-13-19-24-50(47,48)38-23-18-14-15-22-28(45)39-26-20-16-17-21-27(26)49-25-29(46)40-36(7,8)35(5,6)33-42-41-32-30(37)31(34(2,3)4)43-44(32)33/h16-17,20-21,38,43H,9-15,18-19,22-25H2,1-8H3,(H,39,45)(H,40,46). The number of carbonyl (C=O) groups is 2. The van der Waals surface area contributed by atoms with Gasteiger partial charge in [0.2, 0.25) is 15.9 Å². The normalized spacial score (nSPS) is 12.7. The summed E-state index contributed by atoms with van der Waals surface area (Å²) in [5.41, 5.74) is 0.155. The molecule has 0 aliphatic carbocycles. The van der Waals surface area contributed by atoms with Crippen molar-refractivity contribution in [2.45, 2.75) is 136 Å². The highest BCUT2D eigenvalue weighted by Gasteiger charge is 2.44. The number of sulfonamides is 1. The molecule has 0 atom stereocenters. The second kappa shape index (κ2) is 17.9. The lowest BCUT2D eigenvalue weighted by Crippen LogP contribution is -2.57. The van der Waals surface area contributed by atoms with Gasteiger partial charge in [-0.25, -0.2) is 17.7 Å². The summed E-state index contributed by atoms with van der Waals surface area (Å²) in [6.07, 6.45) is 8.48. The van der Waals surface area contributed by atoms with Crippen molar-refractivity contribution in [1.82, 2.24) is 29.9 Å². The molecule has 50 heavy (non-hydrogen) atoms. The molecule has 0 aliphatic rings. The fourth-order valence-electron chi connectivity index (χ4n) is 5.54. The number of benzene rings is 1. The van der Waals surface area contributed by atoms with E-state index in [0.717, 1.165) is 25.0 Å². The van der Waals surface area contributed by atoms with Crippen LogP contribution in [0.25, 0.3) is 5.65 Å². The van der Waals surface area contributed by atoms with Gasteiger partial charge in [-0.2, -0.15) is 0 Å². The minimum absolute atomic E-state index is 0.162. The fourth-order valence-corrected chi connectivity index (χ4v) is 7.17. The molecule has 2 amide bonds. The molecule has 0 spiro atoms. The Bertz CT molecular complexity index is 1680. The Morgan fingerprint density at radius 2 is 1.56 bits per heavy atom. The van der Waals surface area contributed by atoms with Gasteiger partial charge in [0.25, 0.3) is 5.91 Å². The van der Waals surface area contributed by atoms with Crippen molar-refractivity contribution < 1.29 is 22.7 Å². The van der Waals surface area contributed by atoms with Crippen LogP contribution in [0.1, 0.15) is 131 Å². The molecule has 2 heterocycles. The number of ether oxygens (including phenoxy) is 1. The van der Waals surface area contributed by atoms with Crippen LogP contribution in [-0.2, 0) is 30.4 Å². The van der Waals surface area contributed by atoms with Gasteiger partial charge < -0.3 is 15.4 Å². The maximum Gasteiger partial charge on any atom is 0.258 e. The maximum absolute atomic E-state index is 13.2. The monoisotopic (exact) mass is 735 g/mol. The van der Waals surface area contributed by atoms with E-state index in [4.69, 9.17) is 16.3 Å². The van der Waals surface area contributed by atoms with Crippen molar-refractivity contribution in [2.75, 3.05) is 24.2 Å². The van der Waals surface area contributed by atoms with E-state index in [0.29, 0.717) is 60.2 Å². The summed E-state index contributed by atoms with van der Waals surface area (Å²) >= 11 is 6.64. The van der Waals surface area contributed by atoms with Gasteiger partial charge in [0.1, 0.15) is 10.8 Å². The number of unbranched alkanes of at least 4 members (excludes halogenated alkanes) is 7. The number of H-pyrrole nitrogens is 1. The minimum atomic E-state index is -3.26. The van der Waals surface area contributed by atoms with Gasteiger partial charge in [-0.05, 0) is 45.2 Å². The maximum atomic E-state index is 13.2. The Hall–Kier alpha value is -3.16. The fraction of sp³-hybridized carbons (Fsp3) is 0.667. The van der Waals surface area contributed by atoms with Crippen LogP contribution in [0.4, 0.5) is 5.69 Å². The highest BCUT2D eigenvalue weighted by molar-refractivity contribution is 7.89. The number of rotatable bonds is 21. The van der Waals surface area contributed by atoms with E-state index < -0.39 is 21.0 Å². The van der Waals surface area contributed by atoms with Crippen LogP contribution in [0.15, 0.2) is 24.3 Å². The number of halogens is 1. The molecular formula is C36H58ClN7O5S. The quantitative estimate of drug-likeness (QED) is 0.0854. The number of hydrogen-bond donors (Lipinski definition) is 4. The summed E-state index contributed by atoms with van der Waals surface area (Å²) in [7, 11) is -3.26. The second-order valence-corrected chi connectivity index (χ2v) is 17.5. The summed E-state index contributed by atoms with van der Waals surface area (Å²) < 4.78 is 34.7. The topological polar surface area (TPSA) is 160 Å². The molecule has 3 rings (SSSR count). The summed E-state index contributed by atoms with van der Waals surface area (Å²) in [5.74, 6) is 0.634. The average Bonchev–Trinajstić information content (AvgIpc) is 3.60. The van der Waals surface area contributed by atoms with Crippen LogP contribution in [0.5, 0.6) is 5.75 Å². The van der Waals surface area contributed by atoms with Crippen molar-refractivity contribution in [2.24, 2.45) is 0 Å². The summed E-state index contributed by atoms with van der Waals surface area (Å²) in [5, 5.41) is 18.6. The van der Waals surface area contributed by atoms with Gasteiger partial charge in [-0.15, -0.1) is 10.2 Å². The van der Waals surface area contributed by atoms with Crippen molar-refractivity contribution in [1.29, 1.82) is 0 Å². The first-order chi connectivity index (χ1) is 23.4. The van der Waals surface area contributed by atoms with Gasteiger partial charge in [0.05, 0.1) is 17.1 Å². The molecule has 0 bridgehead atoms. The lowest BCUT2D eigenvalue weighted by atomic mass is 9.73. The molecule has 3 aromatic rings. The number of anilines is 1. The molecule has 0 fully saturated rings. The highest BCUT2D eigenvalue weighted by Crippen LogP contribution is 2.37. The molecule has 0 aliphatic heterocycles. The number of aromatic amines is 1. The number of para-hydroxylation sites is 2. The van der Waals surface area contributed by atoms with E-state index >= 15 is 0 Å². The first-order valence-corrected chi connectivity index (χ1v) is 19.9. The van der Waals surface area contributed by atoms with Crippen LogP contribution in [0.3, 0.4) is 0 Å². The molecule has 280 valence electrons. The summed E-state index contributed by atoms with van der Waals surface area (Å²) in [4.78, 5) is 25.9. The van der Waals surface area contributed by atoms with E-state index in [1.54, 1.807) is 28.8 Å². The van der Waals surface area contributed by atoms with Crippen molar-refractivity contribution in [3.8, 4) is 5.75 Å². The Kier molecular flexibility index (Phi) is 14.7. The third kappa shape index (κ3) is 11.4. The lowest BCUT2D eigenvalue weighted by Gasteiger charge is -2.40. The van der Waals surface area contributed by atoms with E-state index in [-0.39, 0.29) is 36.0 Å². The number of hydrogen-bond acceptors (Lipinski definition) is 7. The average molecular weight is 736 g/mol. The van der Waals surface area contributed by atoms with Crippen molar-refractivity contribution in [3.63, 3.8) is 0 Å². The Balaban J connectivity index is 1.46. The third-order valence-corrected chi connectivity index (χ3v) is 11.1. The smallest absolute Gasteiger partial charge is 0.258 e. The Labute approximate surface area is 303 Å². The summed E-state index contributed by atoms with van der Waals surface area (Å²) in [6, 6.07) is 6.97. The minimum Gasteiger partial charge on any atom is -0.482 e. The molecule has 0 radical (unpaired) electrons. The Morgan fingerprint density at radius 1 is 0.900 bits per heavy atom. The lowest BCUT2D eigenvalue weighted by molar-refractivity contribution is -0.125. The first-order valence-electron chi connectivity index (χ1n) is 17.8. The van der Waals surface area contributed by atoms with E-state index in [1.165, 1.54) is 12.8 Å². The zero-order valence-electron chi connectivity index (χ0n) is 31.2. The first kappa shape index (κ1) is 41.3. The number of amides is 2. The molecule has 2 aromatic heterocycles. The number of aromatic nitrogens is 4. The predicted octanol–water partition coefficient (Wildman–Crippen LogP) is 7.04. The molecule has 12 nitrogen and oxygen atoms in total. The Morgan fingerprint density at radius 3 is 2.26 bits per heavy atom. The van der Waals surface area contributed by atoms with E-state index in [2.05, 4.69) is 58.3 Å². The molecule has 4 N–H and O–H groups in total. The molecule has 0 unspecified atom stereocenters. The largest absolute Gasteiger partial charge is 0.482 e. The second-order valence-electron chi connectivity index (χ2n) is 15.2. The van der Waals surface area contributed by atoms with Crippen molar-refractivity contribution >= 4 is 44.8 Å². The molecular weight excluding hydrogens is 678 g/mol. The third-order valence-electron chi connectivity index (χ3n) is 9.32. The van der Waals surface area contributed by atoms with Gasteiger partial charge >= 0.3 is 0 Å². The van der Waals surface area contributed by atoms with Gasteiger partial charge in [-0.1, -0.05) is 104 Å². The van der Waals surface area contributed by atoms with Crippen molar-refractivity contribution in [3.05, 3.63) is 40.8 Å². The number of fused-ring (bicyclic) bond motifs is 1. The van der Waals surface area contributed by atoms with Gasteiger partial charge in [-0.3, -0.25) is 14.7 Å². The van der Waals surface area contributed by atoms with Crippen LogP contribution in [0, 0.1) is 0 Å². The summed E-state index contributed by atoms with van der Waals surface area (Å²) in [6.45, 7) is 16.2. The highest BCUT2D eigenvalue weighted by atomic mass is 35.5. The number of nitrogens with zero attached hydrogens (tertiary/aromatic N) is 3. The van der Waals surface area contributed by atoms with Crippen LogP contribution in [0.2, 0.25) is 5.02 Å². The van der Waals surface area contributed by atoms with Crippen LogP contribution >= 0.6 is 11.6 Å². The molecule has 1 aromatic carbocycles. The predicted molar refractivity (Wildman–Crippen MR) is 200 cm³/mol. The van der Waals surface area contributed by atoms with Gasteiger partial charge in [0, 0.05) is 29.3 Å². The van der Waals surface area contributed by atoms with E-state index in [1.807, 2.05) is 27.7 Å². The van der Waals surface area contributed by atoms with Crippen LogP contribution < -0.4 is 20.1 Å². The zero-order chi connectivity index (χ0) is 37.2. The number of nitrogens with one attached hydrogen (secondary N) is 4. The van der Waals surface area contributed by atoms with Gasteiger partial charge in [0.15, 0.2) is 18.1 Å². The van der Waals surface area contributed by atoms with Crippen LogP contribution in [-0.4, -0.2) is 64.5 Å². The molecule has 14 heteroatoms. The van der Waals surface area contributed by atoms with E-state index in [9.17, 15) is 18.0 Å². The molecule has 0 saturated heterocycles.